The van der Waals surface area contributed by atoms with E-state index in [9.17, 15) is 30.3 Å². The molecular weight excluding hydrogens is 588 g/mol. The number of ether oxygens (including phenoxy) is 4. The van der Waals surface area contributed by atoms with Gasteiger partial charge in [0.2, 0.25) is 0 Å². The number of aliphatic imine (C=N–C) groups is 2. The van der Waals surface area contributed by atoms with E-state index in [0.29, 0.717) is 12.8 Å². The molecule has 0 spiro atoms. The van der Waals surface area contributed by atoms with E-state index in [1.807, 2.05) is 0 Å². The Kier molecular flexibility index (Phi) is 10.9. The van der Waals surface area contributed by atoms with Gasteiger partial charge in [-0.15, -0.1) is 0 Å². The summed E-state index contributed by atoms with van der Waals surface area (Å²) in [7, 11) is 0. The lowest BCUT2D eigenvalue weighted by atomic mass is 9.83. The number of carbonyl (C=O) groups is 1. The van der Waals surface area contributed by atoms with Crippen LogP contribution in [-0.2, 0) is 23.7 Å². The Morgan fingerprint density at radius 3 is 2.20 bits per heavy atom. The van der Waals surface area contributed by atoms with E-state index in [1.165, 1.54) is 0 Å². The molecule has 20 nitrogen and oxygen atoms in total. The first-order chi connectivity index (χ1) is 20.7. The number of nitrogens with two attached hydrogens (primary N) is 7. The predicted octanol–water partition coefficient (Wildman–Crippen LogP) is -8.02. The first-order valence-electron chi connectivity index (χ1n) is 14.4. The maximum atomic E-state index is 13.2. The van der Waals surface area contributed by atoms with E-state index < -0.39 is 97.5 Å². The van der Waals surface area contributed by atoms with Crippen LogP contribution in [0.2, 0.25) is 0 Å². The Bertz CT molecular complexity index is 1060. The molecule has 20 heteroatoms. The second-order valence-electron chi connectivity index (χ2n) is 11.7. The van der Waals surface area contributed by atoms with Crippen LogP contribution in [0.15, 0.2) is 9.98 Å². The summed E-state index contributed by atoms with van der Waals surface area (Å²) >= 11 is 0. The van der Waals surface area contributed by atoms with Gasteiger partial charge in [-0.3, -0.25) is 4.79 Å². The second kappa shape index (κ2) is 13.9. The molecule has 15 atom stereocenters. The highest BCUT2D eigenvalue weighted by Gasteiger charge is 2.61. The van der Waals surface area contributed by atoms with Gasteiger partial charge in [0.05, 0.1) is 30.8 Å². The van der Waals surface area contributed by atoms with E-state index in [-0.39, 0.29) is 37.4 Å². The molecule has 0 aromatic carbocycles. The zero-order valence-corrected chi connectivity index (χ0v) is 24.0. The van der Waals surface area contributed by atoms with E-state index in [4.69, 9.17) is 59.1 Å². The number of nitrogens with zero attached hydrogens (tertiary/aromatic N) is 2. The van der Waals surface area contributed by atoms with Crippen LogP contribution in [0.3, 0.4) is 0 Å². The number of aliphatic hydroxyl groups is 5. The number of guanidine groups is 2. The molecule has 0 bridgehead atoms. The molecule has 3 unspecified atom stereocenters. The predicted molar refractivity (Wildman–Crippen MR) is 152 cm³/mol. The average Bonchev–Trinajstić information content (AvgIpc) is 3.62. The molecule has 1 amide bonds. The van der Waals surface area contributed by atoms with Gasteiger partial charge in [-0.1, -0.05) is 0 Å². The van der Waals surface area contributed by atoms with Gasteiger partial charge >= 0.3 is 0 Å². The average molecular weight is 635 g/mol. The number of hydrogen-bond donors (Lipinski definition) is 13. The van der Waals surface area contributed by atoms with Gasteiger partial charge in [0.1, 0.15) is 42.7 Å². The third-order valence-corrected chi connectivity index (χ3v) is 8.45. The van der Waals surface area contributed by atoms with E-state index >= 15 is 0 Å². The summed E-state index contributed by atoms with van der Waals surface area (Å²) < 4.78 is 23.6. The highest BCUT2D eigenvalue weighted by atomic mass is 16.7. The Balaban J connectivity index is 1.59. The van der Waals surface area contributed by atoms with Crippen molar-refractivity contribution in [3.63, 3.8) is 0 Å². The number of rotatable bonds is 10. The van der Waals surface area contributed by atoms with Crippen molar-refractivity contribution >= 4 is 17.8 Å². The number of amides is 1. The van der Waals surface area contributed by atoms with Crippen molar-refractivity contribution in [2.45, 2.75) is 117 Å². The van der Waals surface area contributed by atoms with Gasteiger partial charge in [-0.25, -0.2) is 9.98 Å². The van der Waals surface area contributed by atoms with Gasteiger partial charge in [0, 0.05) is 19.0 Å². The van der Waals surface area contributed by atoms with Gasteiger partial charge in [-0.05, 0) is 19.3 Å². The summed E-state index contributed by atoms with van der Waals surface area (Å²) in [5.41, 5.74) is 38.2. The van der Waals surface area contributed by atoms with Crippen molar-refractivity contribution < 1.29 is 49.3 Å². The number of aliphatic hydroxyl groups excluding tert-OH is 4. The fraction of sp³-hybridized carbons (Fsp3) is 0.875. The SMILES string of the molecule is NC[C@@H]1CC[C@@H](N=C(N)N)[C@@H](OC2[C@@H](N)C[C@@H](NC(=O)C3(O)CC3N=C(N)N)[C@H](O[C@H]3O[C@H](CO)[C@@H](O)[C@H](N)[C@H]3O)[C@H]2O)O1. The summed E-state index contributed by atoms with van der Waals surface area (Å²) in [6.45, 7) is -0.468. The topological polar surface area (TPSA) is 374 Å². The molecule has 44 heavy (non-hydrogen) atoms. The number of nitrogens with one attached hydrogen (secondary N) is 1. The summed E-state index contributed by atoms with van der Waals surface area (Å²) in [6, 6.07) is -4.84. The molecule has 0 aromatic rings. The zero-order valence-electron chi connectivity index (χ0n) is 24.0. The minimum absolute atomic E-state index is 0.0573. The second-order valence-corrected chi connectivity index (χ2v) is 11.7. The smallest absolute Gasteiger partial charge is 0.254 e. The van der Waals surface area contributed by atoms with Crippen LogP contribution in [0, 0.1) is 0 Å². The van der Waals surface area contributed by atoms with Gasteiger partial charge in [-0.2, -0.15) is 0 Å². The van der Waals surface area contributed by atoms with Crippen molar-refractivity contribution in [1.29, 1.82) is 0 Å². The van der Waals surface area contributed by atoms with Crippen LogP contribution in [0.25, 0.3) is 0 Å². The zero-order chi connectivity index (χ0) is 32.5. The molecule has 4 rings (SSSR count). The molecule has 0 radical (unpaired) electrons. The monoisotopic (exact) mass is 634 g/mol. The molecule has 20 N–H and O–H groups in total. The molecule has 4 aliphatic rings. The maximum absolute atomic E-state index is 13.2. The fourth-order valence-electron chi connectivity index (χ4n) is 5.84. The Labute approximate surface area is 252 Å². The molecule has 2 saturated carbocycles. The molecule has 2 aliphatic carbocycles. The van der Waals surface area contributed by atoms with E-state index in [2.05, 4.69) is 15.3 Å². The molecule has 2 saturated heterocycles. The van der Waals surface area contributed by atoms with Crippen molar-refractivity contribution in [2.24, 2.45) is 50.1 Å². The Morgan fingerprint density at radius 2 is 1.59 bits per heavy atom. The molecular formula is C24H46N10O10. The van der Waals surface area contributed by atoms with Crippen LogP contribution in [0.4, 0.5) is 0 Å². The van der Waals surface area contributed by atoms with Crippen LogP contribution in [0.5, 0.6) is 0 Å². The highest BCUT2D eigenvalue weighted by Crippen LogP contribution is 2.40. The largest absolute Gasteiger partial charge is 0.394 e. The summed E-state index contributed by atoms with van der Waals surface area (Å²) in [5, 5.41) is 55.7. The van der Waals surface area contributed by atoms with Crippen LogP contribution in [-0.4, -0.2) is 148 Å². The summed E-state index contributed by atoms with van der Waals surface area (Å²) in [4.78, 5) is 21.2. The minimum atomic E-state index is -1.92. The normalized spacial score (nSPS) is 45.6. The van der Waals surface area contributed by atoms with Crippen molar-refractivity contribution in [3.05, 3.63) is 0 Å². The van der Waals surface area contributed by atoms with Gasteiger partial charge in [0.25, 0.3) is 5.91 Å². The van der Waals surface area contributed by atoms with Crippen molar-refractivity contribution in [2.75, 3.05) is 13.2 Å². The van der Waals surface area contributed by atoms with Crippen molar-refractivity contribution in [3.8, 4) is 0 Å². The summed E-state index contributed by atoms with van der Waals surface area (Å²) in [6.07, 6.45) is -10.6. The lowest BCUT2D eigenvalue weighted by molar-refractivity contribution is -0.314. The van der Waals surface area contributed by atoms with E-state index in [1.54, 1.807) is 0 Å². The minimum Gasteiger partial charge on any atom is -0.394 e. The fourth-order valence-corrected chi connectivity index (χ4v) is 5.84. The van der Waals surface area contributed by atoms with Crippen LogP contribution in [0.1, 0.15) is 25.7 Å². The first kappa shape index (κ1) is 34.4. The van der Waals surface area contributed by atoms with Gasteiger partial charge in [0.15, 0.2) is 30.1 Å². The highest BCUT2D eigenvalue weighted by molar-refractivity contribution is 5.90. The number of hydrogen-bond acceptors (Lipinski definition) is 15. The Morgan fingerprint density at radius 1 is 0.932 bits per heavy atom. The van der Waals surface area contributed by atoms with Crippen LogP contribution >= 0.6 is 0 Å². The third-order valence-electron chi connectivity index (χ3n) is 8.45. The Hall–Kier alpha value is -2.47. The lowest BCUT2D eigenvalue weighted by Gasteiger charge is -2.48. The van der Waals surface area contributed by atoms with Gasteiger partial charge < -0.3 is 89.9 Å². The lowest BCUT2D eigenvalue weighted by Crippen LogP contribution is -2.69. The number of carbonyl (C=O) groups excluding carboxylic acids is 1. The molecule has 0 aromatic heterocycles. The van der Waals surface area contributed by atoms with Crippen molar-refractivity contribution in [1.82, 2.24) is 5.32 Å². The third kappa shape index (κ3) is 7.32. The van der Waals surface area contributed by atoms with E-state index in [0.717, 1.165) is 0 Å². The maximum Gasteiger partial charge on any atom is 0.254 e. The molecule has 4 fully saturated rings. The first-order valence-corrected chi connectivity index (χ1v) is 14.4. The molecule has 2 aliphatic heterocycles. The van der Waals surface area contributed by atoms with Crippen LogP contribution < -0.4 is 45.5 Å². The standard InChI is InChI=1S/C24H46N10O10/c25-5-7-1-2-9(33-22(28)29)19(41-7)43-17-8(26)3-10(32-21(39)24(40)4-12(24)34-23(30)31)18(16(17)38)44-20-15(37)13(27)14(36)11(6-35)42-20/h7-20,35-38,40H,1-6,25-27H2,(H,32,39)(H4,28,29,33)(H4,30,31,34)/t7-,8-,9+,10+,11+,12?,13-,14+,15+,16-,17?,18-,19+,20+,24?/m0/s1. The summed E-state index contributed by atoms with van der Waals surface area (Å²) in [5.74, 6) is -1.37. The molecule has 252 valence electrons. The quantitative estimate of drug-likeness (QED) is 0.0783. The molecule has 2 heterocycles.